The molecule has 0 saturated heterocycles. The van der Waals surface area contributed by atoms with Crippen LogP contribution in [0.3, 0.4) is 0 Å². The molecule has 0 aliphatic rings. The van der Waals surface area contributed by atoms with E-state index in [9.17, 15) is 4.79 Å². The molecular weight excluding hydrogens is 196 g/mol. The van der Waals surface area contributed by atoms with Gasteiger partial charge in [0, 0.05) is 5.92 Å². The number of allylic oxidation sites excluding steroid dienone is 2. The summed E-state index contributed by atoms with van der Waals surface area (Å²) in [5.74, 6) is 0.609. The topological polar surface area (TPSA) is 17.1 Å². The van der Waals surface area contributed by atoms with Crippen LogP contribution in [0.5, 0.6) is 0 Å². The van der Waals surface area contributed by atoms with Crippen molar-refractivity contribution in [3.63, 3.8) is 0 Å². The molecule has 0 aromatic carbocycles. The molecule has 0 saturated carbocycles. The molecule has 0 fully saturated rings. The number of unbranched alkanes of at least 4 members (excludes halogenated alkanes) is 4. The highest BCUT2D eigenvalue weighted by Gasteiger charge is 2.12. The van der Waals surface area contributed by atoms with Crippen LogP contribution in [0.1, 0.15) is 72.1 Å². The van der Waals surface area contributed by atoms with Gasteiger partial charge in [0.05, 0.1) is 0 Å². The molecule has 1 unspecified atom stereocenters. The van der Waals surface area contributed by atoms with Gasteiger partial charge in [0.25, 0.3) is 0 Å². The lowest BCUT2D eigenvalue weighted by atomic mass is 9.93. The first-order valence-corrected chi connectivity index (χ1v) is 6.96. The predicted octanol–water partition coefficient (Wildman–Crippen LogP) is 4.91. The largest absolute Gasteiger partial charge is 0.295 e. The highest BCUT2D eigenvalue weighted by atomic mass is 16.1. The van der Waals surface area contributed by atoms with Gasteiger partial charge in [-0.1, -0.05) is 59.0 Å². The molecule has 0 aliphatic carbocycles. The molecule has 0 rings (SSSR count). The van der Waals surface area contributed by atoms with Gasteiger partial charge in [0.15, 0.2) is 5.78 Å². The number of ketones is 1. The molecule has 0 amide bonds. The van der Waals surface area contributed by atoms with Gasteiger partial charge < -0.3 is 0 Å². The molecule has 0 aromatic rings. The van der Waals surface area contributed by atoms with E-state index in [0.29, 0.717) is 5.78 Å². The van der Waals surface area contributed by atoms with Crippen LogP contribution < -0.4 is 0 Å². The Morgan fingerprint density at radius 1 is 1.06 bits per heavy atom. The molecule has 1 heteroatoms. The van der Waals surface area contributed by atoms with Crippen LogP contribution in [0.2, 0.25) is 0 Å². The standard InChI is InChI=1S/C15H28O/c1-4-7-9-11-12-14(6-3)15(16)13-10-8-5-2/h10,13-14H,4-9,11-12H2,1-3H3/b13-10+. The first-order valence-electron chi connectivity index (χ1n) is 6.96. The van der Waals surface area contributed by atoms with Gasteiger partial charge in [-0.2, -0.15) is 0 Å². The molecule has 0 N–H and O–H groups in total. The highest BCUT2D eigenvalue weighted by molar-refractivity contribution is 5.91. The molecule has 94 valence electrons. The van der Waals surface area contributed by atoms with Crippen molar-refractivity contribution in [3.05, 3.63) is 12.2 Å². The maximum absolute atomic E-state index is 11.8. The van der Waals surface area contributed by atoms with Crippen LogP contribution >= 0.6 is 0 Å². The van der Waals surface area contributed by atoms with Crippen molar-refractivity contribution in [2.75, 3.05) is 0 Å². The van der Waals surface area contributed by atoms with Crippen molar-refractivity contribution >= 4 is 5.78 Å². The number of carbonyl (C=O) groups is 1. The monoisotopic (exact) mass is 224 g/mol. The van der Waals surface area contributed by atoms with Gasteiger partial charge in [-0.05, 0) is 25.3 Å². The molecule has 0 spiro atoms. The highest BCUT2D eigenvalue weighted by Crippen LogP contribution is 2.16. The third kappa shape index (κ3) is 7.67. The average molecular weight is 224 g/mol. The fourth-order valence-corrected chi connectivity index (χ4v) is 1.87. The van der Waals surface area contributed by atoms with Crippen LogP contribution in [-0.2, 0) is 4.79 Å². The van der Waals surface area contributed by atoms with Crippen molar-refractivity contribution in [2.45, 2.75) is 72.1 Å². The Morgan fingerprint density at radius 2 is 1.81 bits per heavy atom. The lowest BCUT2D eigenvalue weighted by molar-refractivity contribution is -0.118. The Labute approximate surface area is 101 Å². The molecule has 1 atom stereocenters. The summed E-state index contributed by atoms with van der Waals surface area (Å²) < 4.78 is 0. The van der Waals surface area contributed by atoms with Crippen LogP contribution in [0, 0.1) is 5.92 Å². The smallest absolute Gasteiger partial charge is 0.158 e. The fourth-order valence-electron chi connectivity index (χ4n) is 1.87. The van der Waals surface area contributed by atoms with Crippen LogP contribution in [0.4, 0.5) is 0 Å². The van der Waals surface area contributed by atoms with Gasteiger partial charge >= 0.3 is 0 Å². The summed E-state index contributed by atoms with van der Waals surface area (Å²) in [6.07, 6.45) is 13.1. The molecule has 0 aromatic heterocycles. The van der Waals surface area contributed by atoms with Crippen molar-refractivity contribution < 1.29 is 4.79 Å². The van der Waals surface area contributed by atoms with E-state index in [4.69, 9.17) is 0 Å². The number of rotatable bonds is 10. The maximum atomic E-state index is 11.8. The fraction of sp³-hybridized carbons (Fsp3) is 0.800. The first kappa shape index (κ1) is 15.4. The van der Waals surface area contributed by atoms with Crippen LogP contribution in [-0.4, -0.2) is 5.78 Å². The minimum Gasteiger partial charge on any atom is -0.295 e. The number of hydrogen-bond acceptors (Lipinski definition) is 1. The van der Waals surface area contributed by atoms with Crippen molar-refractivity contribution in [1.29, 1.82) is 0 Å². The minimum absolute atomic E-state index is 0.268. The average Bonchev–Trinajstić information content (AvgIpc) is 2.29. The number of hydrogen-bond donors (Lipinski definition) is 0. The van der Waals surface area contributed by atoms with Gasteiger partial charge in [-0.15, -0.1) is 0 Å². The van der Waals surface area contributed by atoms with E-state index in [1.54, 1.807) is 6.08 Å². The zero-order valence-corrected chi connectivity index (χ0v) is 11.3. The quantitative estimate of drug-likeness (QED) is 0.381. The van der Waals surface area contributed by atoms with E-state index >= 15 is 0 Å². The van der Waals surface area contributed by atoms with Crippen LogP contribution in [0.15, 0.2) is 12.2 Å². The Balaban J connectivity index is 3.83. The molecule has 0 radical (unpaired) electrons. The first-order chi connectivity index (χ1) is 7.76. The summed E-state index contributed by atoms with van der Waals surface area (Å²) in [5.41, 5.74) is 0. The minimum atomic E-state index is 0.268. The van der Waals surface area contributed by atoms with E-state index in [2.05, 4.69) is 20.8 Å². The molecule has 16 heavy (non-hydrogen) atoms. The molecule has 0 heterocycles. The van der Waals surface area contributed by atoms with E-state index < -0.39 is 0 Å². The zero-order valence-electron chi connectivity index (χ0n) is 11.3. The van der Waals surface area contributed by atoms with Crippen molar-refractivity contribution in [2.24, 2.45) is 5.92 Å². The normalized spacial score (nSPS) is 13.2. The maximum Gasteiger partial charge on any atom is 0.158 e. The lowest BCUT2D eigenvalue weighted by Crippen LogP contribution is -2.10. The Hall–Kier alpha value is -0.590. The Bertz CT molecular complexity index is 194. The number of carbonyl (C=O) groups excluding carboxylic acids is 1. The SMILES string of the molecule is CCC/C=C/C(=O)C(CC)CCCCCC. The Kier molecular flexibility index (Phi) is 10.5. The van der Waals surface area contributed by atoms with E-state index in [-0.39, 0.29) is 5.92 Å². The van der Waals surface area contributed by atoms with Gasteiger partial charge in [0.1, 0.15) is 0 Å². The molecule has 0 aliphatic heterocycles. The van der Waals surface area contributed by atoms with E-state index in [1.807, 2.05) is 6.08 Å². The second-order valence-electron chi connectivity index (χ2n) is 4.55. The lowest BCUT2D eigenvalue weighted by Gasteiger charge is -2.10. The summed E-state index contributed by atoms with van der Waals surface area (Å²) >= 11 is 0. The second kappa shape index (κ2) is 10.9. The molecule has 1 nitrogen and oxygen atoms in total. The zero-order chi connectivity index (χ0) is 12.2. The summed E-state index contributed by atoms with van der Waals surface area (Å²) in [5, 5.41) is 0. The van der Waals surface area contributed by atoms with Gasteiger partial charge in [0.2, 0.25) is 0 Å². The summed E-state index contributed by atoms with van der Waals surface area (Å²) in [4.78, 5) is 11.8. The van der Waals surface area contributed by atoms with Crippen molar-refractivity contribution in [3.8, 4) is 0 Å². The summed E-state index contributed by atoms with van der Waals surface area (Å²) in [6, 6.07) is 0. The van der Waals surface area contributed by atoms with Gasteiger partial charge in [-0.3, -0.25) is 4.79 Å². The second-order valence-corrected chi connectivity index (χ2v) is 4.55. The third-order valence-corrected chi connectivity index (χ3v) is 3.04. The third-order valence-electron chi connectivity index (χ3n) is 3.04. The van der Waals surface area contributed by atoms with Crippen molar-refractivity contribution in [1.82, 2.24) is 0 Å². The Morgan fingerprint density at radius 3 is 2.38 bits per heavy atom. The predicted molar refractivity (Wildman–Crippen MR) is 71.6 cm³/mol. The van der Waals surface area contributed by atoms with Gasteiger partial charge in [-0.25, -0.2) is 0 Å². The van der Waals surface area contributed by atoms with E-state index in [1.165, 1.54) is 25.7 Å². The van der Waals surface area contributed by atoms with E-state index in [0.717, 1.165) is 25.7 Å². The summed E-state index contributed by atoms with van der Waals surface area (Å²) in [7, 11) is 0. The summed E-state index contributed by atoms with van der Waals surface area (Å²) in [6.45, 7) is 6.48. The molecular formula is C15H28O. The molecule has 0 bridgehead atoms. The van der Waals surface area contributed by atoms with Crippen LogP contribution in [0.25, 0.3) is 0 Å².